The number of carbonyl (C=O) groups is 1. The van der Waals surface area contributed by atoms with Crippen molar-refractivity contribution in [2.45, 2.75) is 50.4 Å². The molecule has 0 saturated carbocycles. The van der Waals surface area contributed by atoms with Gasteiger partial charge >= 0.3 is 0 Å². The molecule has 38 heavy (non-hydrogen) atoms. The fourth-order valence-electron chi connectivity index (χ4n) is 5.64. The van der Waals surface area contributed by atoms with E-state index in [2.05, 4.69) is 35.7 Å². The molecular weight excluding hydrogens is 483 g/mol. The molecule has 0 unspecified atom stereocenters. The fraction of sp³-hybridized carbons (Fsp3) is 0.429. The number of aliphatic imine (C=N–C) groups is 1. The highest BCUT2D eigenvalue weighted by Gasteiger charge is 2.45. The summed E-state index contributed by atoms with van der Waals surface area (Å²) in [6, 6.07) is 5.86. The predicted octanol–water partition coefficient (Wildman–Crippen LogP) is 3.76. The van der Waals surface area contributed by atoms with Crippen LogP contribution in [0.25, 0.3) is 16.9 Å². The monoisotopic (exact) mass is 514 g/mol. The lowest BCUT2D eigenvalue weighted by Crippen LogP contribution is -2.54. The van der Waals surface area contributed by atoms with E-state index in [4.69, 9.17) is 4.98 Å². The molecule has 2 saturated heterocycles. The molecule has 0 atom stereocenters. The molecule has 0 bridgehead atoms. The van der Waals surface area contributed by atoms with E-state index in [-0.39, 0.29) is 24.8 Å². The van der Waals surface area contributed by atoms with Crippen molar-refractivity contribution in [2.24, 2.45) is 4.99 Å². The Morgan fingerprint density at radius 2 is 1.92 bits per heavy atom. The lowest BCUT2D eigenvalue weighted by Gasteiger charge is -2.40. The molecule has 3 aromatic rings. The van der Waals surface area contributed by atoms with Gasteiger partial charge in [0.15, 0.2) is 17.1 Å². The van der Waals surface area contributed by atoms with Crippen molar-refractivity contribution in [1.82, 2.24) is 34.5 Å². The second-order valence-corrected chi connectivity index (χ2v) is 10.2. The maximum atomic E-state index is 15.9. The molecule has 10 heteroatoms. The molecule has 0 radical (unpaired) electrons. The van der Waals surface area contributed by atoms with Crippen LogP contribution in [0, 0.1) is 0 Å². The van der Waals surface area contributed by atoms with Crippen LogP contribution < -0.4 is 0 Å². The number of carbonyl (C=O) groups excluding carboxylic acids is 1. The first kappa shape index (κ1) is 24.5. The number of imidazole rings is 1. The summed E-state index contributed by atoms with van der Waals surface area (Å²) < 4.78 is 18.1. The van der Waals surface area contributed by atoms with E-state index in [1.165, 1.54) is 0 Å². The third-order valence-corrected chi connectivity index (χ3v) is 7.74. The largest absolute Gasteiger partial charge is 0.340 e. The van der Waals surface area contributed by atoms with Crippen molar-refractivity contribution in [1.29, 1.82) is 0 Å². The van der Waals surface area contributed by atoms with E-state index in [1.54, 1.807) is 23.5 Å². The van der Waals surface area contributed by atoms with Crippen LogP contribution in [0.2, 0.25) is 0 Å². The molecule has 3 aliphatic heterocycles. The van der Waals surface area contributed by atoms with Crippen LogP contribution in [0.15, 0.2) is 60.0 Å². The average molecular weight is 515 g/mol. The minimum absolute atomic E-state index is 0.101. The molecule has 6 rings (SSSR count). The van der Waals surface area contributed by atoms with E-state index >= 15 is 4.39 Å². The van der Waals surface area contributed by atoms with Crippen molar-refractivity contribution >= 4 is 29.0 Å². The third kappa shape index (κ3) is 4.88. The van der Waals surface area contributed by atoms with Crippen molar-refractivity contribution in [3.05, 3.63) is 66.4 Å². The summed E-state index contributed by atoms with van der Waals surface area (Å²) in [4.78, 5) is 31.3. The zero-order valence-corrected chi connectivity index (χ0v) is 21.3. The number of allylic oxidation sites excluding steroid dienone is 3. The summed E-state index contributed by atoms with van der Waals surface area (Å²) in [7, 11) is 0. The summed E-state index contributed by atoms with van der Waals surface area (Å²) in [5.74, 6) is 0.418. The van der Waals surface area contributed by atoms with Crippen LogP contribution in [0.4, 0.5) is 4.39 Å². The van der Waals surface area contributed by atoms with Gasteiger partial charge in [0.05, 0.1) is 6.20 Å². The maximum Gasteiger partial charge on any atom is 0.260 e. The Morgan fingerprint density at radius 1 is 1.08 bits per heavy atom. The molecule has 0 spiro atoms. The van der Waals surface area contributed by atoms with Crippen LogP contribution in [-0.4, -0.2) is 78.5 Å². The van der Waals surface area contributed by atoms with E-state index in [1.807, 2.05) is 36.6 Å². The van der Waals surface area contributed by atoms with Gasteiger partial charge in [-0.1, -0.05) is 12.2 Å². The topological polar surface area (TPSA) is 92.4 Å². The Bertz CT molecular complexity index is 1380. The maximum absolute atomic E-state index is 15.9. The lowest BCUT2D eigenvalue weighted by atomic mass is 9.90. The minimum atomic E-state index is -1.81. The summed E-state index contributed by atoms with van der Waals surface area (Å²) >= 11 is 0. The number of likely N-dealkylation sites (tertiary alicyclic amines) is 2. The highest BCUT2D eigenvalue weighted by atomic mass is 19.1. The molecule has 196 valence electrons. The first-order valence-electron chi connectivity index (χ1n) is 13.3. The summed E-state index contributed by atoms with van der Waals surface area (Å²) in [6.07, 6.45) is 15.7. The van der Waals surface area contributed by atoms with Gasteiger partial charge in [0, 0.05) is 76.6 Å². The quantitative estimate of drug-likeness (QED) is 0.515. The van der Waals surface area contributed by atoms with Gasteiger partial charge in [-0.3, -0.25) is 14.7 Å². The third-order valence-electron chi connectivity index (χ3n) is 7.74. The normalized spacial score (nSPS) is 20.4. The molecule has 6 heterocycles. The van der Waals surface area contributed by atoms with Crippen LogP contribution in [0.5, 0.6) is 0 Å². The summed E-state index contributed by atoms with van der Waals surface area (Å²) in [6.45, 7) is 2.80. The molecule has 1 amide bonds. The molecule has 3 aliphatic rings. The number of hydrogen-bond acceptors (Lipinski definition) is 7. The molecule has 0 N–H and O–H groups in total. The van der Waals surface area contributed by atoms with Crippen LogP contribution >= 0.6 is 0 Å². The number of piperidine rings is 2. The van der Waals surface area contributed by atoms with Gasteiger partial charge in [0.2, 0.25) is 0 Å². The van der Waals surface area contributed by atoms with Gasteiger partial charge in [-0.05, 0) is 42.7 Å². The van der Waals surface area contributed by atoms with Crippen LogP contribution in [-0.2, 0) is 11.3 Å². The molecule has 2 fully saturated rings. The number of pyridine rings is 1. The SMILES string of the molecule is O=C(N1CCC(n2c(C3=CC=CCC=N3)nc3cccnc32)CC1)C1(F)CCN(Cc2ccnnc2)CC1. The second-order valence-electron chi connectivity index (χ2n) is 10.2. The van der Waals surface area contributed by atoms with Crippen molar-refractivity contribution in [3.63, 3.8) is 0 Å². The standard InChI is InChI=1S/C28H31FN8O/c29-28(10-17-35(18-11-28)20-21-7-14-32-33-19-21)27(38)36-15-8-22(9-16-36)37-25-24(6-4-13-31-25)34-26(37)23-5-2-1-3-12-30-23/h1-2,4-7,12-14,19,22H,3,8-11,15-18,20H2. The van der Waals surface area contributed by atoms with E-state index in [9.17, 15) is 4.79 Å². The Balaban J connectivity index is 1.13. The second kappa shape index (κ2) is 10.5. The van der Waals surface area contributed by atoms with E-state index in [0.29, 0.717) is 45.6 Å². The van der Waals surface area contributed by atoms with Gasteiger partial charge in [0.1, 0.15) is 11.2 Å². The number of fused-ring (bicyclic) bond motifs is 1. The Labute approximate surface area is 220 Å². The smallest absolute Gasteiger partial charge is 0.260 e. The zero-order chi connectivity index (χ0) is 26.0. The number of rotatable bonds is 5. The first-order chi connectivity index (χ1) is 18.6. The number of aromatic nitrogens is 5. The molecule has 3 aromatic heterocycles. The summed E-state index contributed by atoms with van der Waals surface area (Å²) in [5.41, 5.74) is 1.67. The fourth-order valence-corrected chi connectivity index (χ4v) is 5.64. The average Bonchev–Trinajstić information content (AvgIpc) is 3.13. The van der Waals surface area contributed by atoms with Gasteiger partial charge in [0.25, 0.3) is 5.91 Å². The van der Waals surface area contributed by atoms with E-state index < -0.39 is 5.67 Å². The minimum Gasteiger partial charge on any atom is -0.340 e. The van der Waals surface area contributed by atoms with Crippen molar-refractivity contribution in [3.8, 4) is 0 Å². The van der Waals surface area contributed by atoms with Crippen molar-refractivity contribution in [2.75, 3.05) is 26.2 Å². The molecule has 0 aromatic carbocycles. The van der Waals surface area contributed by atoms with Gasteiger partial charge in [-0.2, -0.15) is 10.2 Å². The summed E-state index contributed by atoms with van der Waals surface area (Å²) in [5, 5.41) is 7.72. The Morgan fingerprint density at radius 3 is 2.71 bits per heavy atom. The predicted molar refractivity (Wildman–Crippen MR) is 143 cm³/mol. The van der Waals surface area contributed by atoms with Crippen LogP contribution in [0.1, 0.15) is 49.5 Å². The molecular formula is C28H31FN8O. The molecule has 0 aliphatic carbocycles. The number of hydrogen-bond donors (Lipinski definition) is 0. The number of alkyl halides is 1. The van der Waals surface area contributed by atoms with Crippen LogP contribution in [0.3, 0.4) is 0 Å². The first-order valence-corrected chi connectivity index (χ1v) is 13.3. The lowest BCUT2D eigenvalue weighted by molar-refractivity contribution is -0.148. The highest BCUT2D eigenvalue weighted by Crippen LogP contribution is 2.35. The highest BCUT2D eigenvalue weighted by molar-refractivity contribution is 5.85. The zero-order valence-electron chi connectivity index (χ0n) is 21.3. The Kier molecular flexibility index (Phi) is 6.80. The molecule has 9 nitrogen and oxygen atoms in total. The number of amides is 1. The van der Waals surface area contributed by atoms with Gasteiger partial charge in [-0.25, -0.2) is 14.4 Å². The van der Waals surface area contributed by atoms with Crippen molar-refractivity contribution < 1.29 is 9.18 Å². The van der Waals surface area contributed by atoms with Gasteiger partial charge < -0.3 is 9.47 Å². The number of halogens is 1. The Hall–Kier alpha value is -3.79. The van der Waals surface area contributed by atoms with E-state index in [0.717, 1.165) is 34.7 Å². The van der Waals surface area contributed by atoms with Gasteiger partial charge in [-0.15, -0.1) is 0 Å². The number of nitrogens with zero attached hydrogens (tertiary/aromatic N) is 8.